The highest BCUT2D eigenvalue weighted by atomic mass is 79.9. The summed E-state index contributed by atoms with van der Waals surface area (Å²) in [5, 5.41) is 12.6. The first-order chi connectivity index (χ1) is 12.5. The molecule has 0 spiro atoms. The van der Waals surface area contributed by atoms with Gasteiger partial charge in [0.1, 0.15) is 11.6 Å². The van der Waals surface area contributed by atoms with E-state index in [9.17, 15) is 14.3 Å². The molecule has 0 radical (unpaired) electrons. The Kier molecular flexibility index (Phi) is 6.11. The maximum atomic E-state index is 13.8. The van der Waals surface area contributed by atoms with Gasteiger partial charge in [0, 0.05) is 43.6 Å². The summed E-state index contributed by atoms with van der Waals surface area (Å²) in [5.74, 6) is -0.366. The third kappa shape index (κ3) is 4.74. The zero-order valence-corrected chi connectivity index (χ0v) is 15.9. The molecule has 26 heavy (non-hydrogen) atoms. The van der Waals surface area contributed by atoms with E-state index in [0.29, 0.717) is 17.4 Å². The lowest BCUT2D eigenvalue weighted by Crippen LogP contribution is -2.47. The van der Waals surface area contributed by atoms with Crippen molar-refractivity contribution < 1.29 is 14.3 Å². The second kappa shape index (κ2) is 8.51. The van der Waals surface area contributed by atoms with Crippen molar-refractivity contribution in [1.29, 1.82) is 0 Å². The number of amides is 1. The molecule has 0 aliphatic carbocycles. The Morgan fingerprint density at radius 1 is 1.15 bits per heavy atom. The summed E-state index contributed by atoms with van der Waals surface area (Å²) in [6.45, 7) is 3.84. The predicted octanol–water partition coefficient (Wildman–Crippen LogP) is 3.44. The number of hydrogen-bond donors (Lipinski definition) is 2. The van der Waals surface area contributed by atoms with Crippen molar-refractivity contribution in [3.8, 4) is 5.75 Å². The Balaban J connectivity index is 1.45. The second-order valence-electron chi connectivity index (χ2n) is 6.24. The molecule has 2 aromatic carbocycles. The minimum Gasteiger partial charge on any atom is -0.506 e. The van der Waals surface area contributed by atoms with Crippen LogP contribution in [0.25, 0.3) is 0 Å². The van der Waals surface area contributed by atoms with E-state index in [1.165, 1.54) is 6.07 Å². The number of nitrogens with zero attached hydrogens (tertiary/aromatic N) is 2. The van der Waals surface area contributed by atoms with E-state index in [2.05, 4.69) is 31.0 Å². The molecule has 5 nitrogen and oxygen atoms in total. The summed E-state index contributed by atoms with van der Waals surface area (Å²) in [5.41, 5.74) is 1.04. The quantitative estimate of drug-likeness (QED) is 0.776. The van der Waals surface area contributed by atoms with Crippen LogP contribution in [0.5, 0.6) is 5.75 Å². The van der Waals surface area contributed by atoms with Gasteiger partial charge < -0.3 is 15.3 Å². The summed E-state index contributed by atoms with van der Waals surface area (Å²) in [6, 6.07) is 11.9. The molecule has 138 valence electrons. The number of piperazine rings is 1. The number of phenolic OH excluding ortho intramolecular Hbond substituents is 1. The molecule has 0 saturated carbocycles. The number of phenols is 1. The minimum absolute atomic E-state index is 0.197. The minimum atomic E-state index is -0.455. The molecule has 3 rings (SSSR count). The lowest BCUT2D eigenvalue weighted by molar-refractivity contribution is -0.116. The highest BCUT2D eigenvalue weighted by molar-refractivity contribution is 9.10. The van der Waals surface area contributed by atoms with Crippen molar-refractivity contribution in [3.63, 3.8) is 0 Å². The summed E-state index contributed by atoms with van der Waals surface area (Å²) in [6.07, 6.45) is 0.312. The van der Waals surface area contributed by atoms with Gasteiger partial charge in [0.05, 0.1) is 11.4 Å². The summed E-state index contributed by atoms with van der Waals surface area (Å²) < 4.78 is 14.4. The fraction of sp³-hybridized carbons (Fsp3) is 0.316. The molecule has 0 unspecified atom stereocenters. The number of carbonyl (C=O) groups excluding carboxylic acids is 1. The molecule has 1 aliphatic rings. The topological polar surface area (TPSA) is 55.8 Å². The van der Waals surface area contributed by atoms with E-state index >= 15 is 0 Å². The van der Waals surface area contributed by atoms with Crippen LogP contribution in [0.1, 0.15) is 6.42 Å². The maximum absolute atomic E-state index is 13.8. The van der Waals surface area contributed by atoms with E-state index in [-0.39, 0.29) is 17.3 Å². The standard InChI is InChI=1S/C19H21BrFN3O2/c20-14-5-6-16(15(21)13-14)22-19(26)7-8-23-9-11-24(12-10-23)17-3-1-2-4-18(17)25/h1-6,13,25H,7-12H2,(H,22,26). The van der Waals surface area contributed by atoms with Crippen molar-refractivity contribution in [1.82, 2.24) is 4.90 Å². The van der Waals surface area contributed by atoms with Crippen LogP contribution in [0.3, 0.4) is 0 Å². The fourth-order valence-corrected chi connectivity index (χ4v) is 3.34. The first-order valence-electron chi connectivity index (χ1n) is 8.53. The number of carbonyl (C=O) groups is 1. The van der Waals surface area contributed by atoms with Crippen LogP contribution >= 0.6 is 15.9 Å². The van der Waals surface area contributed by atoms with Crippen molar-refractivity contribution in [3.05, 3.63) is 52.8 Å². The van der Waals surface area contributed by atoms with Crippen LogP contribution in [0, 0.1) is 5.82 Å². The van der Waals surface area contributed by atoms with Crippen LogP contribution in [-0.2, 0) is 4.79 Å². The number of benzene rings is 2. The fourth-order valence-electron chi connectivity index (χ4n) is 3.01. The van der Waals surface area contributed by atoms with Gasteiger partial charge in [0.2, 0.25) is 5.91 Å². The van der Waals surface area contributed by atoms with E-state index in [1.807, 2.05) is 18.2 Å². The van der Waals surface area contributed by atoms with Crippen LogP contribution in [0.4, 0.5) is 15.8 Å². The average molecular weight is 422 g/mol. The average Bonchev–Trinajstić information content (AvgIpc) is 2.63. The normalized spacial score (nSPS) is 15.1. The zero-order valence-electron chi connectivity index (χ0n) is 14.3. The molecule has 0 atom stereocenters. The van der Waals surface area contributed by atoms with Crippen LogP contribution in [0.15, 0.2) is 46.9 Å². The number of nitrogens with one attached hydrogen (secondary N) is 1. The number of halogens is 2. The Morgan fingerprint density at radius 2 is 1.88 bits per heavy atom. The first kappa shape index (κ1) is 18.7. The first-order valence-corrected chi connectivity index (χ1v) is 9.32. The van der Waals surface area contributed by atoms with Gasteiger partial charge in [-0.05, 0) is 30.3 Å². The Bertz CT molecular complexity index is 779. The molecule has 0 aromatic heterocycles. The number of para-hydroxylation sites is 2. The van der Waals surface area contributed by atoms with Crippen molar-refractivity contribution in [2.24, 2.45) is 0 Å². The van der Waals surface area contributed by atoms with Gasteiger partial charge in [-0.3, -0.25) is 9.69 Å². The highest BCUT2D eigenvalue weighted by Gasteiger charge is 2.19. The van der Waals surface area contributed by atoms with E-state index < -0.39 is 5.82 Å². The molecule has 1 saturated heterocycles. The third-order valence-electron chi connectivity index (χ3n) is 4.46. The molecule has 1 heterocycles. The van der Waals surface area contributed by atoms with Crippen LogP contribution < -0.4 is 10.2 Å². The van der Waals surface area contributed by atoms with Gasteiger partial charge >= 0.3 is 0 Å². The maximum Gasteiger partial charge on any atom is 0.225 e. The molecule has 1 aliphatic heterocycles. The number of anilines is 2. The predicted molar refractivity (Wildman–Crippen MR) is 104 cm³/mol. The number of rotatable bonds is 5. The smallest absolute Gasteiger partial charge is 0.225 e. The third-order valence-corrected chi connectivity index (χ3v) is 4.95. The molecule has 0 bridgehead atoms. The monoisotopic (exact) mass is 421 g/mol. The Labute approximate surface area is 160 Å². The lowest BCUT2D eigenvalue weighted by Gasteiger charge is -2.36. The van der Waals surface area contributed by atoms with Gasteiger partial charge in [-0.15, -0.1) is 0 Å². The van der Waals surface area contributed by atoms with Gasteiger partial charge in [-0.1, -0.05) is 28.1 Å². The molecule has 1 amide bonds. The van der Waals surface area contributed by atoms with Crippen molar-refractivity contribution >= 4 is 33.2 Å². The molecule has 2 aromatic rings. The van der Waals surface area contributed by atoms with Crippen LogP contribution in [-0.4, -0.2) is 48.6 Å². The number of aromatic hydroxyl groups is 1. The molecule has 7 heteroatoms. The summed E-state index contributed by atoms with van der Waals surface area (Å²) in [4.78, 5) is 16.4. The van der Waals surface area contributed by atoms with Gasteiger partial charge in [0.25, 0.3) is 0 Å². The zero-order chi connectivity index (χ0) is 18.5. The van der Waals surface area contributed by atoms with Gasteiger partial charge in [0.15, 0.2) is 0 Å². The SMILES string of the molecule is O=C(CCN1CCN(c2ccccc2O)CC1)Nc1ccc(Br)cc1F. The van der Waals surface area contributed by atoms with Gasteiger partial charge in [-0.2, -0.15) is 0 Å². The Morgan fingerprint density at radius 3 is 2.58 bits per heavy atom. The van der Waals surface area contributed by atoms with Crippen molar-refractivity contribution in [2.75, 3.05) is 42.9 Å². The van der Waals surface area contributed by atoms with E-state index in [1.54, 1.807) is 18.2 Å². The molecule has 2 N–H and O–H groups in total. The van der Waals surface area contributed by atoms with E-state index in [4.69, 9.17) is 0 Å². The Hall–Kier alpha value is -2.12. The molecule has 1 fully saturated rings. The molecular weight excluding hydrogens is 401 g/mol. The van der Waals surface area contributed by atoms with Crippen LogP contribution in [0.2, 0.25) is 0 Å². The van der Waals surface area contributed by atoms with Gasteiger partial charge in [-0.25, -0.2) is 4.39 Å². The summed E-state index contributed by atoms with van der Waals surface area (Å²) in [7, 11) is 0. The largest absolute Gasteiger partial charge is 0.506 e. The van der Waals surface area contributed by atoms with Crippen molar-refractivity contribution in [2.45, 2.75) is 6.42 Å². The molecular formula is C19H21BrFN3O2. The lowest BCUT2D eigenvalue weighted by atomic mass is 10.2. The second-order valence-corrected chi connectivity index (χ2v) is 7.16. The highest BCUT2D eigenvalue weighted by Crippen LogP contribution is 2.27. The summed E-state index contributed by atoms with van der Waals surface area (Å²) >= 11 is 3.19. The van der Waals surface area contributed by atoms with E-state index in [0.717, 1.165) is 31.9 Å². The number of hydrogen-bond acceptors (Lipinski definition) is 4.